The second-order valence-electron chi connectivity index (χ2n) is 5.03. The number of aromatic nitrogens is 2. The van der Waals surface area contributed by atoms with Crippen LogP contribution in [0.15, 0.2) is 4.52 Å². The van der Waals surface area contributed by atoms with Gasteiger partial charge in [0.2, 0.25) is 5.89 Å². The van der Waals surface area contributed by atoms with Crippen molar-refractivity contribution in [1.82, 2.24) is 10.1 Å². The molecule has 1 aliphatic carbocycles. The normalized spacial score (nSPS) is 25.1. The highest BCUT2D eigenvalue weighted by Gasteiger charge is 2.29. The molecule has 0 radical (unpaired) electrons. The lowest BCUT2D eigenvalue weighted by Crippen LogP contribution is -2.21. The Bertz CT molecular complexity index is 392. The Hall–Kier alpha value is -1.39. The van der Waals surface area contributed by atoms with E-state index in [1.54, 1.807) is 0 Å². The molecule has 1 aromatic rings. The van der Waals surface area contributed by atoms with Gasteiger partial charge in [0.15, 0.2) is 5.82 Å². The number of hydrogen-bond acceptors (Lipinski definition) is 4. The van der Waals surface area contributed by atoms with Crippen LogP contribution in [0.25, 0.3) is 0 Å². The Morgan fingerprint density at radius 2 is 2.00 bits per heavy atom. The minimum absolute atomic E-state index is 0.192. The molecule has 0 unspecified atom stereocenters. The molecule has 0 saturated heterocycles. The lowest BCUT2D eigenvalue weighted by atomic mass is 9.82. The highest BCUT2D eigenvalue weighted by molar-refractivity contribution is 5.70. The zero-order chi connectivity index (χ0) is 12.4. The molecule has 94 valence electrons. The summed E-state index contributed by atoms with van der Waals surface area (Å²) in [4.78, 5) is 15.2. The fraction of sp³-hybridized carbons (Fsp3) is 0.750. The summed E-state index contributed by atoms with van der Waals surface area (Å²) in [5.41, 5.74) is 0. The molecule has 5 nitrogen and oxygen atoms in total. The van der Waals surface area contributed by atoms with Gasteiger partial charge in [-0.25, -0.2) is 0 Å². The molecule has 0 bridgehead atoms. The fourth-order valence-electron chi connectivity index (χ4n) is 2.25. The standard InChI is InChI=1S/C12H18N2O3/c1-7(2)11-13-10(14-17-11)8-3-5-9(6-4-8)12(15)16/h7-9H,3-6H2,1-2H3,(H,15,16). The number of nitrogens with zero attached hydrogens (tertiary/aromatic N) is 2. The van der Waals surface area contributed by atoms with Crippen molar-refractivity contribution in [2.75, 3.05) is 0 Å². The third-order valence-electron chi connectivity index (χ3n) is 3.39. The van der Waals surface area contributed by atoms with Crippen molar-refractivity contribution in [3.05, 3.63) is 11.7 Å². The topological polar surface area (TPSA) is 76.2 Å². The Morgan fingerprint density at radius 3 is 2.47 bits per heavy atom. The summed E-state index contributed by atoms with van der Waals surface area (Å²) < 4.78 is 5.18. The SMILES string of the molecule is CC(C)c1nc(C2CCC(C(=O)O)CC2)no1. The minimum atomic E-state index is -0.681. The molecule has 0 spiro atoms. The van der Waals surface area contributed by atoms with Gasteiger partial charge in [0, 0.05) is 11.8 Å². The lowest BCUT2D eigenvalue weighted by Gasteiger charge is -2.23. The first-order valence-electron chi connectivity index (χ1n) is 6.14. The second-order valence-corrected chi connectivity index (χ2v) is 5.03. The van der Waals surface area contributed by atoms with Gasteiger partial charge < -0.3 is 9.63 Å². The molecule has 1 fully saturated rings. The molecule has 5 heteroatoms. The first-order chi connectivity index (χ1) is 8.08. The highest BCUT2D eigenvalue weighted by Crippen LogP contribution is 2.34. The van der Waals surface area contributed by atoms with Crippen molar-refractivity contribution in [3.63, 3.8) is 0 Å². The predicted molar refractivity (Wildman–Crippen MR) is 60.7 cm³/mol. The number of carboxylic acids is 1. The van der Waals surface area contributed by atoms with Crippen LogP contribution in [0, 0.1) is 5.92 Å². The summed E-state index contributed by atoms with van der Waals surface area (Å²) in [6.45, 7) is 4.03. The zero-order valence-corrected chi connectivity index (χ0v) is 10.2. The van der Waals surface area contributed by atoms with Crippen molar-refractivity contribution in [2.24, 2.45) is 5.92 Å². The Morgan fingerprint density at radius 1 is 1.35 bits per heavy atom. The first-order valence-corrected chi connectivity index (χ1v) is 6.14. The quantitative estimate of drug-likeness (QED) is 0.875. The number of carbonyl (C=O) groups is 1. The minimum Gasteiger partial charge on any atom is -0.481 e. The van der Waals surface area contributed by atoms with E-state index in [9.17, 15) is 4.79 Å². The summed E-state index contributed by atoms with van der Waals surface area (Å²) in [7, 11) is 0. The Labute approximate surface area is 100 Å². The van der Waals surface area contributed by atoms with Crippen LogP contribution in [0.5, 0.6) is 0 Å². The smallest absolute Gasteiger partial charge is 0.306 e. The van der Waals surface area contributed by atoms with E-state index in [-0.39, 0.29) is 17.8 Å². The van der Waals surface area contributed by atoms with Crippen molar-refractivity contribution < 1.29 is 14.4 Å². The summed E-state index contributed by atoms with van der Waals surface area (Å²) in [5.74, 6) is 1.05. The molecule has 17 heavy (non-hydrogen) atoms. The maximum Gasteiger partial charge on any atom is 0.306 e. The van der Waals surface area contributed by atoms with E-state index in [1.165, 1.54) is 0 Å². The van der Waals surface area contributed by atoms with Gasteiger partial charge in [-0.15, -0.1) is 0 Å². The van der Waals surface area contributed by atoms with Gasteiger partial charge in [0.1, 0.15) is 0 Å². The van der Waals surface area contributed by atoms with Crippen LogP contribution in [0.3, 0.4) is 0 Å². The average Bonchev–Trinajstić information content (AvgIpc) is 2.78. The predicted octanol–water partition coefficient (Wildman–Crippen LogP) is 2.55. The summed E-state index contributed by atoms with van der Waals surface area (Å²) in [6, 6.07) is 0. The molecule has 0 aromatic carbocycles. The van der Waals surface area contributed by atoms with Crippen LogP contribution in [0.1, 0.15) is 63.1 Å². The lowest BCUT2D eigenvalue weighted by molar-refractivity contribution is -0.142. The monoisotopic (exact) mass is 238 g/mol. The van der Waals surface area contributed by atoms with E-state index in [0.29, 0.717) is 18.7 Å². The zero-order valence-electron chi connectivity index (χ0n) is 10.2. The fourth-order valence-corrected chi connectivity index (χ4v) is 2.25. The molecule has 0 amide bonds. The highest BCUT2D eigenvalue weighted by atomic mass is 16.5. The van der Waals surface area contributed by atoms with Crippen molar-refractivity contribution in [1.29, 1.82) is 0 Å². The molecule has 1 aliphatic rings. The van der Waals surface area contributed by atoms with Crippen molar-refractivity contribution in [2.45, 2.75) is 51.4 Å². The van der Waals surface area contributed by atoms with E-state index >= 15 is 0 Å². The van der Waals surface area contributed by atoms with Crippen LogP contribution in [-0.2, 0) is 4.79 Å². The first kappa shape index (κ1) is 12.1. The maximum absolute atomic E-state index is 10.8. The van der Waals surface area contributed by atoms with Crippen molar-refractivity contribution in [3.8, 4) is 0 Å². The molecule has 1 saturated carbocycles. The van der Waals surface area contributed by atoms with E-state index in [2.05, 4.69) is 10.1 Å². The Balaban J connectivity index is 1.98. The molecular weight excluding hydrogens is 220 g/mol. The molecule has 1 aromatic heterocycles. The average molecular weight is 238 g/mol. The third-order valence-corrected chi connectivity index (χ3v) is 3.39. The molecule has 1 heterocycles. The molecule has 1 N–H and O–H groups in total. The number of rotatable bonds is 3. The van der Waals surface area contributed by atoms with Gasteiger partial charge in [-0.3, -0.25) is 4.79 Å². The van der Waals surface area contributed by atoms with Crippen LogP contribution < -0.4 is 0 Å². The van der Waals surface area contributed by atoms with Crippen LogP contribution in [0.4, 0.5) is 0 Å². The van der Waals surface area contributed by atoms with Crippen LogP contribution >= 0.6 is 0 Å². The molecular formula is C12H18N2O3. The largest absolute Gasteiger partial charge is 0.481 e. The van der Waals surface area contributed by atoms with Gasteiger partial charge in [-0.2, -0.15) is 4.98 Å². The van der Waals surface area contributed by atoms with E-state index in [4.69, 9.17) is 9.63 Å². The summed E-state index contributed by atoms with van der Waals surface area (Å²) >= 11 is 0. The van der Waals surface area contributed by atoms with Crippen LogP contribution in [-0.4, -0.2) is 21.2 Å². The number of aliphatic carboxylic acids is 1. The second kappa shape index (κ2) is 4.85. The Kier molecular flexibility index (Phi) is 3.45. The molecule has 2 rings (SSSR count). The summed E-state index contributed by atoms with van der Waals surface area (Å²) in [6.07, 6.45) is 3.11. The molecule has 0 aliphatic heterocycles. The third kappa shape index (κ3) is 2.65. The maximum atomic E-state index is 10.8. The number of hydrogen-bond donors (Lipinski definition) is 1. The van der Waals surface area contributed by atoms with Gasteiger partial charge in [0.25, 0.3) is 0 Å². The molecule has 0 atom stereocenters. The van der Waals surface area contributed by atoms with Crippen LogP contribution in [0.2, 0.25) is 0 Å². The van der Waals surface area contributed by atoms with Crippen molar-refractivity contribution >= 4 is 5.97 Å². The van der Waals surface area contributed by atoms with Gasteiger partial charge in [-0.05, 0) is 25.7 Å². The van der Waals surface area contributed by atoms with Gasteiger partial charge >= 0.3 is 5.97 Å². The number of carboxylic acid groups (broad SMARTS) is 1. The van der Waals surface area contributed by atoms with Gasteiger partial charge in [0.05, 0.1) is 5.92 Å². The van der Waals surface area contributed by atoms with E-state index in [1.807, 2.05) is 13.8 Å². The van der Waals surface area contributed by atoms with Gasteiger partial charge in [-0.1, -0.05) is 19.0 Å². The summed E-state index contributed by atoms with van der Waals surface area (Å²) in [5, 5.41) is 12.9. The van der Waals surface area contributed by atoms with E-state index < -0.39 is 5.97 Å². The van der Waals surface area contributed by atoms with E-state index in [0.717, 1.165) is 18.7 Å².